The van der Waals surface area contributed by atoms with E-state index in [2.05, 4.69) is 9.97 Å². The molecule has 0 aliphatic carbocycles. The topological polar surface area (TPSA) is 66.4 Å². The van der Waals surface area contributed by atoms with Crippen LogP contribution in [-0.2, 0) is 10.0 Å². The number of halogens is 1. The highest BCUT2D eigenvalue weighted by molar-refractivity contribution is 7.89. The maximum absolute atomic E-state index is 14.9. The normalized spacial score (nSPS) is 16.4. The molecule has 1 aromatic carbocycles. The van der Waals surface area contributed by atoms with Crippen molar-refractivity contribution in [1.82, 2.24) is 14.3 Å². The van der Waals surface area contributed by atoms with Crippen molar-refractivity contribution in [2.75, 3.05) is 31.1 Å². The molecule has 2 aromatic rings. The van der Waals surface area contributed by atoms with Gasteiger partial charge in [-0.1, -0.05) is 30.3 Å². The van der Waals surface area contributed by atoms with E-state index >= 15 is 0 Å². The molecule has 0 bridgehead atoms. The van der Waals surface area contributed by atoms with E-state index in [0.717, 1.165) is 0 Å². The van der Waals surface area contributed by atoms with Crippen LogP contribution in [0, 0.1) is 5.82 Å². The van der Waals surface area contributed by atoms with Crippen LogP contribution >= 0.6 is 0 Å². The van der Waals surface area contributed by atoms with Gasteiger partial charge in [0.25, 0.3) is 0 Å². The molecule has 1 aromatic heterocycles. The Balaban J connectivity index is 1.81. The van der Waals surface area contributed by atoms with Gasteiger partial charge in [-0.25, -0.2) is 22.8 Å². The average Bonchev–Trinajstić information content (AvgIpc) is 2.62. The number of anilines is 1. The fourth-order valence-corrected chi connectivity index (χ4v) is 4.10. The largest absolute Gasteiger partial charge is 0.351 e. The Morgan fingerprint density at radius 3 is 2.28 bits per heavy atom. The van der Waals surface area contributed by atoms with Crippen LogP contribution in [0.3, 0.4) is 0 Å². The van der Waals surface area contributed by atoms with Crippen molar-refractivity contribution in [1.29, 1.82) is 0 Å². The Morgan fingerprint density at radius 2 is 1.68 bits per heavy atom. The van der Waals surface area contributed by atoms with Crippen molar-refractivity contribution in [3.63, 3.8) is 0 Å². The van der Waals surface area contributed by atoms with Gasteiger partial charge < -0.3 is 4.90 Å². The number of hydrogen-bond acceptors (Lipinski definition) is 5. The highest BCUT2D eigenvalue weighted by Gasteiger charge is 2.30. The van der Waals surface area contributed by atoms with Gasteiger partial charge in [0.05, 0.1) is 5.25 Å². The molecule has 0 spiro atoms. The van der Waals surface area contributed by atoms with E-state index < -0.39 is 21.1 Å². The summed E-state index contributed by atoms with van der Waals surface area (Å²) in [6.07, 6.45) is 1.35. The summed E-state index contributed by atoms with van der Waals surface area (Å²) in [4.78, 5) is 9.92. The number of hydrogen-bond donors (Lipinski definition) is 0. The Bertz CT molecular complexity index is 835. The minimum Gasteiger partial charge on any atom is -0.351 e. The van der Waals surface area contributed by atoms with Crippen LogP contribution in [0.1, 0.15) is 13.8 Å². The van der Waals surface area contributed by atoms with Crippen molar-refractivity contribution >= 4 is 15.8 Å². The van der Waals surface area contributed by atoms with E-state index in [1.165, 1.54) is 10.6 Å². The highest BCUT2D eigenvalue weighted by Crippen LogP contribution is 2.27. The molecule has 134 valence electrons. The Kier molecular flexibility index (Phi) is 5.01. The molecule has 2 heterocycles. The summed E-state index contributed by atoms with van der Waals surface area (Å²) in [6, 6.07) is 9.10. The minimum atomic E-state index is -3.29. The summed E-state index contributed by atoms with van der Waals surface area (Å²) in [5, 5.41) is -0.459. The second-order valence-corrected chi connectivity index (χ2v) is 8.69. The first kappa shape index (κ1) is 17.8. The molecule has 1 fully saturated rings. The van der Waals surface area contributed by atoms with Crippen molar-refractivity contribution < 1.29 is 12.8 Å². The standard InChI is InChI=1S/C17H21FN4O2S/c1-13(2)25(23,24)22-10-8-21(9-11-22)17-15(18)16(19-12-20-17)14-6-4-3-5-7-14/h3-7,12-13H,8-11H2,1-2H3. The molecule has 1 saturated heterocycles. The van der Waals surface area contributed by atoms with Crippen molar-refractivity contribution in [2.45, 2.75) is 19.1 Å². The lowest BCUT2D eigenvalue weighted by Crippen LogP contribution is -2.50. The van der Waals surface area contributed by atoms with Gasteiger partial charge in [0.15, 0.2) is 11.6 Å². The van der Waals surface area contributed by atoms with Gasteiger partial charge in [0.1, 0.15) is 12.0 Å². The first-order valence-electron chi connectivity index (χ1n) is 8.21. The molecule has 0 unspecified atom stereocenters. The Morgan fingerprint density at radius 1 is 1.04 bits per heavy atom. The quantitative estimate of drug-likeness (QED) is 0.832. The third kappa shape index (κ3) is 3.50. The molecule has 8 heteroatoms. The van der Waals surface area contributed by atoms with E-state index in [-0.39, 0.29) is 11.5 Å². The van der Waals surface area contributed by atoms with Crippen LogP contribution in [0.25, 0.3) is 11.3 Å². The van der Waals surface area contributed by atoms with E-state index in [4.69, 9.17) is 0 Å². The zero-order valence-corrected chi connectivity index (χ0v) is 15.1. The number of rotatable bonds is 4. The first-order valence-corrected chi connectivity index (χ1v) is 9.71. The highest BCUT2D eigenvalue weighted by atomic mass is 32.2. The predicted octanol–water partition coefficient (Wildman–Crippen LogP) is 2.14. The average molecular weight is 364 g/mol. The van der Waals surface area contributed by atoms with Crippen molar-refractivity contribution in [3.05, 3.63) is 42.5 Å². The second-order valence-electron chi connectivity index (χ2n) is 6.21. The van der Waals surface area contributed by atoms with Crippen LogP contribution in [-0.4, -0.2) is 54.1 Å². The lowest BCUT2D eigenvalue weighted by atomic mass is 10.1. The third-order valence-corrected chi connectivity index (χ3v) is 6.59. The zero-order chi connectivity index (χ0) is 18.0. The molecule has 0 saturated carbocycles. The SMILES string of the molecule is CC(C)S(=O)(=O)N1CCN(c2ncnc(-c3ccccc3)c2F)CC1. The van der Waals surface area contributed by atoms with Gasteiger partial charge >= 0.3 is 0 Å². The van der Waals surface area contributed by atoms with Gasteiger partial charge in [-0.2, -0.15) is 4.31 Å². The van der Waals surface area contributed by atoms with Crippen molar-refractivity contribution in [2.24, 2.45) is 0 Å². The van der Waals surface area contributed by atoms with E-state index in [9.17, 15) is 12.8 Å². The maximum atomic E-state index is 14.9. The van der Waals surface area contributed by atoms with Crippen LogP contribution in [0.15, 0.2) is 36.7 Å². The van der Waals surface area contributed by atoms with Gasteiger partial charge in [-0.3, -0.25) is 0 Å². The molecule has 1 aliphatic heterocycles. The van der Waals surface area contributed by atoms with E-state index in [0.29, 0.717) is 31.7 Å². The van der Waals surface area contributed by atoms with Gasteiger partial charge in [0, 0.05) is 31.7 Å². The Hall–Kier alpha value is -2.06. The minimum absolute atomic E-state index is 0.218. The molecular weight excluding hydrogens is 343 g/mol. The first-order chi connectivity index (χ1) is 11.9. The fraction of sp³-hybridized carbons (Fsp3) is 0.412. The van der Waals surface area contributed by atoms with Gasteiger partial charge in [-0.05, 0) is 13.8 Å². The molecule has 1 aliphatic rings. The maximum Gasteiger partial charge on any atom is 0.216 e. The van der Waals surface area contributed by atoms with Crippen LogP contribution in [0.5, 0.6) is 0 Å². The summed E-state index contributed by atoms with van der Waals surface area (Å²) in [5.41, 5.74) is 0.938. The third-order valence-electron chi connectivity index (χ3n) is 4.31. The van der Waals surface area contributed by atoms with E-state index in [1.807, 2.05) is 18.2 Å². The predicted molar refractivity (Wildman–Crippen MR) is 95.3 cm³/mol. The molecule has 6 nitrogen and oxygen atoms in total. The number of piperazine rings is 1. The number of sulfonamides is 1. The van der Waals surface area contributed by atoms with Gasteiger partial charge in [0.2, 0.25) is 10.0 Å². The molecule has 0 N–H and O–H groups in total. The summed E-state index contributed by atoms with van der Waals surface area (Å²) >= 11 is 0. The summed E-state index contributed by atoms with van der Waals surface area (Å²) < 4.78 is 40.9. The molecule has 0 atom stereocenters. The van der Waals surface area contributed by atoms with Gasteiger partial charge in [-0.15, -0.1) is 0 Å². The molecular formula is C17H21FN4O2S. The molecule has 25 heavy (non-hydrogen) atoms. The number of aromatic nitrogens is 2. The number of nitrogens with zero attached hydrogens (tertiary/aromatic N) is 4. The lowest BCUT2D eigenvalue weighted by Gasteiger charge is -2.35. The zero-order valence-electron chi connectivity index (χ0n) is 14.3. The monoisotopic (exact) mass is 364 g/mol. The lowest BCUT2D eigenvalue weighted by molar-refractivity contribution is 0.378. The van der Waals surface area contributed by atoms with Crippen molar-refractivity contribution in [3.8, 4) is 11.3 Å². The van der Waals surface area contributed by atoms with Crippen LogP contribution < -0.4 is 4.90 Å². The smallest absolute Gasteiger partial charge is 0.216 e. The number of benzene rings is 1. The second kappa shape index (κ2) is 7.05. The summed E-state index contributed by atoms with van der Waals surface area (Å²) in [7, 11) is -3.29. The molecule has 0 amide bonds. The van der Waals surface area contributed by atoms with Crippen LogP contribution in [0.2, 0.25) is 0 Å². The Labute approximate surface area is 147 Å². The van der Waals surface area contributed by atoms with Crippen LogP contribution in [0.4, 0.5) is 10.2 Å². The molecule has 0 radical (unpaired) electrons. The fourth-order valence-electron chi connectivity index (χ4n) is 2.83. The summed E-state index contributed by atoms with van der Waals surface area (Å²) in [5.74, 6) is -0.260. The molecule has 3 rings (SSSR count). The summed E-state index contributed by atoms with van der Waals surface area (Å²) in [6.45, 7) is 4.77. The van der Waals surface area contributed by atoms with E-state index in [1.54, 1.807) is 30.9 Å².